The Kier molecular flexibility index (Phi) is 2.68. The number of nitrogens with two attached hydrogens (primary N) is 2. The number of aromatic nitrogens is 5. The van der Waals surface area contributed by atoms with Gasteiger partial charge in [0.25, 0.3) is 0 Å². The second-order valence-corrected chi connectivity index (χ2v) is 4.18. The van der Waals surface area contributed by atoms with Gasteiger partial charge in [-0.3, -0.25) is 10.5 Å². The molecule has 0 fully saturated rings. The molecule has 0 aliphatic rings. The zero-order valence-electron chi connectivity index (χ0n) is 10.4. The Morgan fingerprint density at radius 1 is 1.40 bits per heavy atom. The van der Waals surface area contributed by atoms with Gasteiger partial charge in [-0.2, -0.15) is 10.2 Å². The van der Waals surface area contributed by atoms with Gasteiger partial charge in [0.15, 0.2) is 0 Å². The Morgan fingerprint density at radius 3 is 2.95 bits per heavy atom. The molecular weight excluding hydrogens is 256 g/mol. The van der Waals surface area contributed by atoms with E-state index in [1.54, 1.807) is 29.3 Å². The number of aromatic amines is 1. The molecule has 0 spiro atoms. The van der Waals surface area contributed by atoms with Crippen LogP contribution in [0.1, 0.15) is 5.69 Å². The standard InChI is InChI=1S/C12H12N8/c13-8(3-11(14)15)9-6-20-10(1-2-18-20)12(19-9)7-4-16-17-5-7/h1-6H,13H2,(H3,14,15)(H,16,17). The van der Waals surface area contributed by atoms with Gasteiger partial charge in [-0.25, -0.2) is 9.50 Å². The highest BCUT2D eigenvalue weighted by atomic mass is 15.2. The minimum atomic E-state index is -0.130. The average Bonchev–Trinajstić information content (AvgIpc) is 3.07. The summed E-state index contributed by atoms with van der Waals surface area (Å²) in [6, 6.07) is 1.85. The zero-order valence-corrected chi connectivity index (χ0v) is 10.4. The molecule has 0 bridgehead atoms. The third-order valence-corrected chi connectivity index (χ3v) is 2.77. The van der Waals surface area contributed by atoms with Crippen LogP contribution in [0.4, 0.5) is 0 Å². The van der Waals surface area contributed by atoms with Crippen LogP contribution in [-0.4, -0.2) is 30.6 Å². The van der Waals surface area contributed by atoms with Crippen LogP contribution in [0, 0.1) is 5.41 Å². The third-order valence-electron chi connectivity index (χ3n) is 2.77. The lowest BCUT2D eigenvalue weighted by molar-refractivity contribution is 0.940. The molecule has 0 radical (unpaired) electrons. The van der Waals surface area contributed by atoms with Crippen molar-refractivity contribution in [2.75, 3.05) is 0 Å². The largest absolute Gasteiger partial charge is 0.397 e. The van der Waals surface area contributed by atoms with Gasteiger partial charge in [0.05, 0.1) is 35.5 Å². The van der Waals surface area contributed by atoms with Crippen molar-refractivity contribution in [3.63, 3.8) is 0 Å². The maximum absolute atomic E-state index is 7.26. The van der Waals surface area contributed by atoms with Crippen LogP contribution in [0.5, 0.6) is 0 Å². The summed E-state index contributed by atoms with van der Waals surface area (Å²) in [5.41, 5.74) is 14.4. The van der Waals surface area contributed by atoms with Gasteiger partial charge >= 0.3 is 0 Å². The number of H-pyrrole nitrogens is 1. The Hall–Kier alpha value is -3.16. The van der Waals surface area contributed by atoms with Crippen LogP contribution in [0.15, 0.2) is 36.9 Å². The van der Waals surface area contributed by atoms with E-state index in [9.17, 15) is 0 Å². The molecule has 0 unspecified atom stereocenters. The smallest absolute Gasteiger partial charge is 0.117 e. The van der Waals surface area contributed by atoms with Crippen LogP contribution in [0.2, 0.25) is 0 Å². The first-order valence-corrected chi connectivity index (χ1v) is 5.80. The second-order valence-electron chi connectivity index (χ2n) is 4.18. The van der Waals surface area contributed by atoms with E-state index in [2.05, 4.69) is 20.3 Å². The minimum Gasteiger partial charge on any atom is -0.397 e. The number of hydrogen-bond acceptors (Lipinski definition) is 5. The molecule has 0 saturated heterocycles. The first-order chi connectivity index (χ1) is 9.65. The van der Waals surface area contributed by atoms with Crippen molar-refractivity contribution in [3.05, 3.63) is 42.6 Å². The molecule has 0 atom stereocenters. The molecule has 100 valence electrons. The van der Waals surface area contributed by atoms with Gasteiger partial charge in [0, 0.05) is 17.8 Å². The maximum atomic E-state index is 7.26. The first-order valence-electron chi connectivity index (χ1n) is 5.80. The number of amidine groups is 1. The summed E-state index contributed by atoms with van der Waals surface area (Å²) >= 11 is 0. The van der Waals surface area contributed by atoms with Crippen LogP contribution < -0.4 is 11.5 Å². The molecule has 3 heterocycles. The molecule has 3 aromatic rings. The van der Waals surface area contributed by atoms with Crippen LogP contribution in [-0.2, 0) is 0 Å². The zero-order chi connectivity index (χ0) is 14.1. The molecule has 0 aliphatic carbocycles. The van der Waals surface area contributed by atoms with E-state index in [4.69, 9.17) is 16.9 Å². The van der Waals surface area contributed by atoms with Gasteiger partial charge in [-0.1, -0.05) is 0 Å². The van der Waals surface area contributed by atoms with Crippen molar-refractivity contribution in [1.82, 2.24) is 24.8 Å². The highest BCUT2D eigenvalue weighted by Crippen LogP contribution is 2.22. The van der Waals surface area contributed by atoms with Crippen molar-refractivity contribution < 1.29 is 0 Å². The molecule has 3 aromatic heterocycles. The van der Waals surface area contributed by atoms with E-state index < -0.39 is 0 Å². The van der Waals surface area contributed by atoms with Gasteiger partial charge < -0.3 is 11.5 Å². The van der Waals surface area contributed by atoms with E-state index in [0.717, 1.165) is 11.1 Å². The fraction of sp³-hybridized carbons (Fsp3) is 0. The van der Waals surface area contributed by atoms with E-state index in [1.165, 1.54) is 6.08 Å². The lowest BCUT2D eigenvalue weighted by atomic mass is 10.2. The van der Waals surface area contributed by atoms with Gasteiger partial charge in [0.2, 0.25) is 0 Å². The number of hydrogen-bond donors (Lipinski definition) is 4. The molecule has 8 heteroatoms. The number of fused-ring (bicyclic) bond motifs is 1. The van der Waals surface area contributed by atoms with Gasteiger partial charge in [-0.05, 0) is 6.07 Å². The average molecular weight is 268 g/mol. The highest BCUT2D eigenvalue weighted by Gasteiger charge is 2.11. The fourth-order valence-electron chi connectivity index (χ4n) is 1.90. The predicted molar refractivity (Wildman–Crippen MR) is 74.6 cm³/mol. The van der Waals surface area contributed by atoms with Crippen molar-refractivity contribution in [1.29, 1.82) is 5.41 Å². The van der Waals surface area contributed by atoms with E-state index >= 15 is 0 Å². The molecule has 0 saturated carbocycles. The maximum Gasteiger partial charge on any atom is 0.117 e. The summed E-state index contributed by atoms with van der Waals surface area (Å²) in [6.07, 6.45) is 8.12. The van der Waals surface area contributed by atoms with E-state index in [-0.39, 0.29) is 5.84 Å². The number of nitrogens with zero attached hydrogens (tertiary/aromatic N) is 4. The monoisotopic (exact) mass is 268 g/mol. The van der Waals surface area contributed by atoms with Crippen molar-refractivity contribution in [3.8, 4) is 11.3 Å². The molecule has 0 aliphatic heterocycles. The molecule has 0 amide bonds. The lowest BCUT2D eigenvalue weighted by Crippen LogP contribution is -2.11. The van der Waals surface area contributed by atoms with E-state index in [1.807, 2.05) is 6.07 Å². The molecule has 20 heavy (non-hydrogen) atoms. The summed E-state index contributed by atoms with van der Waals surface area (Å²) in [6.45, 7) is 0. The number of nitrogens with one attached hydrogen (secondary N) is 2. The Bertz CT molecular complexity index is 796. The predicted octanol–water partition coefficient (Wildman–Crippen LogP) is 0.355. The summed E-state index contributed by atoms with van der Waals surface area (Å²) in [7, 11) is 0. The van der Waals surface area contributed by atoms with Crippen molar-refractivity contribution in [2.24, 2.45) is 11.5 Å². The van der Waals surface area contributed by atoms with Gasteiger partial charge in [0.1, 0.15) is 11.5 Å². The molecule has 0 aromatic carbocycles. The highest BCUT2D eigenvalue weighted by molar-refractivity contribution is 5.95. The SMILES string of the molecule is N=C(N)C=C(N)c1cn2nccc2c(-c2cn[nH]c2)n1. The van der Waals surface area contributed by atoms with Crippen LogP contribution in [0.3, 0.4) is 0 Å². The molecular formula is C12H12N8. The topological polar surface area (TPSA) is 135 Å². The lowest BCUT2D eigenvalue weighted by Gasteiger charge is -2.06. The summed E-state index contributed by atoms with van der Waals surface area (Å²) in [5, 5.41) is 18.1. The first kappa shape index (κ1) is 11.9. The Balaban J connectivity index is 2.24. The minimum absolute atomic E-state index is 0.130. The van der Waals surface area contributed by atoms with Crippen LogP contribution >= 0.6 is 0 Å². The van der Waals surface area contributed by atoms with Crippen LogP contribution in [0.25, 0.3) is 22.5 Å². The Morgan fingerprint density at radius 2 is 2.25 bits per heavy atom. The Labute approximate surface area is 113 Å². The quantitative estimate of drug-likeness (QED) is 0.401. The molecule has 6 N–H and O–H groups in total. The molecule has 8 nitrogen and oxygen atoms in total. The summed E-state index contributed by atoms with van der Waals surface area (Å²) < 4.78 is 1.67. The van der Waals surface area contributed by atoms with E-state index in [0.29, 0.717) is 17.1 Å². The van der Waals surface area contributed by atoms with Crippen molar-refractivity contribution >= 4 is 17.0 Å². The second kappa shape index (κ2) is 4.50. The number of rotatable bonds is 3. The van der Waals surface area contributed by atoms with Crippen molar-refractivity contribution in [2.45, 2.75) is 0 Å². The summed E-state index contributed by atoms with van der Waals surface area (Å²) in [4.78, 5) is 4.50. The van der Waals surface area contributed by atoms with Gasteiger partial charge in [-0.15, -0.1) is 0 Å². The normalized spacial score (nSPS) is 11.9. The molecule has 3 rings (SSSR count). The third kappa shape index (κ3) is 1.99. The summed E-state index contributed by atoms with van der Waals surface area (Å²) in [5.74, 6) is -0.130. The fourth-order valence-corrected chi connectivity index (χ4v) is 1.90.